The van der Waals surface area contributed by atoms with Crippen LogP contribution in [0.15, 0.2) is 0 Å². The molecule has 0 heterocycles. The molecule has 0 saturated carbocycles. The van der Waals surface area contributed by atoms with E-state index >= 15 is 0 Å². The van der Waals surface area contributed by atoms with Gasteiger partial charge in [-0.1, -0.05) is 0 Å². The van der Waals surface area contributed by atoms with E-state index < -0.39 is 31.2 Å². The molecule has 18 heteroatoms. The fourth-order valence-corrected chi connectivity index (χ4v) is 0. The summed E-state index contributed by atoms with van der Waals surface area (Å²) in [6, 6.07) is 0. The second-order valence-corrected chi connectivity index (χ2v) is 3.67. The molecule has 0 saturated heterocycles. The van der Waals surface area contributed by atoms with Crippen molar-refractivity contribution in [2.75, 3.05) is 0 Å². The molecule has 0 amide bonds. The Labute approximate surface area is 139 Å². The maximum atomic E-state index is 8.52. The Morgan fingerprint density at radius 2 is 0.500 bits per heavy atom. The van der Waals surface area contributed by atoms with Gasteiger partial charge in [0.25, 0.3) is 0 Å². The molecule has 0 aromatic heterocycles. The fourth-order valence-electron chi connectivity index (χ4n) is 0. The summed E-state index contributed by atoms with van der Waals surface area (Å²) in [5.41, 5.74) is 0. The summed E-state index contributed by atoms with van der Waals surface area (Å²) >= 11 is 0. The van der Waals surface area contributed by atoms with Crippen molar-refractivity contribution in [2.24, 2.45) is 0 Å². The molecule has 0 atom stereocenters. The van der Waals surface area contributed by atoms with Crippen LogP contribution in [0.25, 0.3) is 0 Å². The Balaban J connectivity index is -0.0000000277. The number of rotatable bonds is 0. The third-order valence-electron chi connectivity index (χ3n) is 0. The number of hydrogen-bond acceptors (Lipinski definition) is 12. The smallest absolute Gasteiger partial charge is 0.759 e. The van der Waals surface area contributed by atoms with E-state index in [4.69, 9.17) is 52.6 Å². The van der Waals surface area contributed by atoms with Gasteiger partial charge >= 0.3 is 56.3 Å². The van der Waals surface area contributed by atoms with E-state index in [9.17, 15) is 0 Å². The molecule has 1 radical (unpaired) electrons. The van der Waals surface area contributed by atoms with E-state index in [0.29, 0.717) is 0 Å². The molecular weight excluding hydrogens is 430 g/mol. The van der Waals surface area contributed by atoms with Crippen molar-refractivity contribution >= 4 is 54.2 Å². The zero-order valence-electron chi connectivity index (χ0n) is 7.48. The van der Waals surface area contributed by atoms with Crippen molar-refractivity contribution in [1.29, 1.82) is 0 Å². The van der Waals surface area contributed by atoms with Gasteiger partial charge in [-0.2, -0.15) is 0 Å². The normalized spacial score (nSPS) is 9.67. The Hall–Kier alpha value is 1.38. The zero-order chi connectivity index (χ0) is 13.5. The molecule has 12 nitrogen and oxygen atoms in total. The average molecular weight is 430 g/mol. The Morgan fingerprint density at radius 3 is 0.500 bits per heavy atom. The van der Waals surface area contributed by atoms with Crippen LogP contribution < -0.4 is 0 Å². The van der Waals surface area contributed by atoms with Crippen molar-refractivity contribution in [1.82, 2.24) is 0 Å². The van der Waals surface area contributed by atoms with E-state index in [0.717, 1.165) is 0 Å². The van der Waals surface area contributed by atoms with Crippen molar-refractivity contribution in [2.45, 2.75) is 0 Å². The van der Waals surface area contributed by atoms with E-state index in [1.165, 1.54) is 0 Å². The van der Waals surface area contributed by atoms with E-state index in [1.807, 2.05) is 0 Å². The summed E-state index contributed by atoms with van der Waals surface area (Å²) in [7, 11) is -15.5. The summed E-state index contributed by atoms with van der Waals surface area (Å²) in [6.45, 7) is 0. The summed E-state index contributed by atoms with van der Waals surface area (Å²) < 4.78 is 102. The minimum absolute atomic E-state index is 0. The second kappa shape index (κ2) is 14.8. The molecule has 0 N–H and O–H groups in total. The van der Waals surface area contributed by atoms with Crippen LogP contribution in [0.4, 0.5) is 0 Å². The molecule has 0 bridgehead atoms. The van der Waals surface area contributed by atoms with Gasteiger partial charge in [-0.05, 0) is 0 Å². The van der Waals surface area contributed by atoms with E-state index in [-0.39, 0.29) is 56.3 Å². The maximum Gasteiger partial charge on any atom is 2.00 e. The van der Waals surface area contributed by atoms with Crippen molar-refractivity contribution in [3.63, 3.8) is 0 Å². The van der Waals surface area contributed by atoms with Crippen LogP contribution in [0, 0.1) is 0 Å². The predicted molar refractivity (Wildman–Crippen MR) is 37.2 cm³/mol. The second-order valence-electron chi connectivity index (χ2n) is 1.22. The van der Waals surface area contributed by atoms with Gasteiger partial charge in [0.15, 0.2) is 0 Å². The first-order chi connectivity index (χ1) is 6.00. The first kappa shape index (κ1) is 36.6. The standard InChI is InChI=1S/Co.Mg.Ni.3H2O4S/c;;;3*1-5(2,3)4/h;;;3*(H2,1,2,3,4)/q3*+2;;;/p-6. The van der Waals surface area contributed by atoms with Crippen molar-refractivity contribution < 1.29 is 85.8 Å². The van der Waals surface area contributed by atoms with Crippen LogP contribution in [-0.4, -0.2) is 75.6 Å². The molecule has 0 spiro atoms. The zero-order valence-corrected chi connectivity index (χ0v) is 13.4. The van der Waals surface area contributed by atoms with Gasteiger partial charge in [0, 0.05) is 31.2 Å². The summed E-state index contributed by atoms with van der Waals surface area (Å²) in [6.07, 6.45) is 0. The first-order valence-corrected chi connectivity index (χ1v) is 6.00. The molecule has 18 heavy (non-hydrogen) atoms. The predicted octanol–water partition coefficient (Wildman–Crippen LogP) is -4.40. The largest absolute Gasteiger partial charge is 2.00 e. The minimum atomic E-state index is -5.17. The van der Waals surface area contributed by atoms with Crippen LogP contribution in [0.1, 0.15) is 0 Å². The molecule has 0 aliphatic carbocycles. The van der Waals surface area contributed by atoms with Crippen LogP contribution in [0.3, 0.4) is 0 Å². The van der Waals surface area contributed by atoms with Crippen LogP contribution in [0.5, 0.6) is 0 Å². The molecule has 0 aliphatic rings. The van der Waals surface area contributed by atoms with Crippen molar-refractivity contribution in [3.8, 4) is 0 Å². The van der Waals surface area contributed by atoms with Gasteiger partial charge in [-0.15, -0.1) is 0 Å². The summed E-state index contributed by atoms with van der Waals surface area (Å²) in [5, 5.41) is 0. The van der Waals surface area contributed by atoms with Crippen LogP contribution >= 0.6 is 0 Å². The third kappa shape index (κ3) is 2460. The Morgan fingerprint density at radius 1 is 0.500 bits per heavy atom. The average Bonchev–Trinajstić information content (AvgIpc) is 1.41. The molecule has 0 aromatic carbocycles. The molecule has 111 valence electrons. The summed E-state index contributed by atoms with van der Waals surface area (Å²) in [4.78, 5) is 0. The monoisotopic (exact) mass is 429 g/mol. The maximum absolute atomic E-state index is 8.52. The van der Waals surface area contributed by atoms with Gasteiger partial charge in [-0.25, -0.2) is 0 Å². The quantitative estimate of drug-likeness (QED) is 0.201. The molecule has 0 aromatic rings. The van der Waals surface area contributed by atoms with Gasteiger partial charge < -0.3 is 27.3 Å². The first-order valence-electron chi connectivity index (χ1n) is 2.00. The fraction of sp³-hybridized carbons (Fsp3) is 0. The Bertz CT molecular complexity index is 348. The molecule has 0 rings (SSSR count). The van der Waals surface area contributed by atoms with Gasteiger partial charge in [-0.3, -0.25) is 25.3 Å². The molecule has 0 aliphatic heterocycles. The molecular formula is CoMgNiO12S3. The third-order valence-corrected chi connectivity index (χ3v) is 0. The van der Waals surface area contributed by atoms with Crippen molar-refractivity contribution in [3.05, 3.63) is 0 Å². The molecule has 0 fully saturated rings. The van der Waals surface area contributed by atoms with Gasteiger partial charge in [0.1, 0.15) is 0 Å². The van der Waals surface area contributed by atoms with Gasteiger partial charge in [0.05, 0.1) is 0 Å². The van der Waals surface area contributed by atoms with Crippen LogP contribution in [0.2, 0.25) is 0 Å². The van der Waals surface area contributed by atoms with E-state index in [2.05, 4.69) is 0 Å². The topological polar surface area (TPSA) is 241 Å². The molecule has 0 unspecified atom stereocenters. The Kier molecular flexibility index (Phi) is 30.0. The van der Waals surface area contributed by atoms with Gasteiger partial charge in [0.2, 0.25) is 0 Å². The summed E-state index contributed by atoms with van der Waals surface area (Å²) in [5.74, 6) is 0. The van der Waals surface area contributed by atoms with E-state index in [1.54, 1.807) is 0 Å². The SMILES string of the molecule is O=S(=O)([O-])[O-].O=S(=O)([O-])[O-].O=S(=O)([O-])[O-].[Co+2].[Mg+2].[Ni+2]. The number of hydrogen-bond donors (Lipinski definition) is 0. The minimum Gasteiger partial charge on any atom is -0.759 e. The van der Waals surface area contributed by atoms with Crippen LogP contribution in [-0.2, 0) is 64.5 Å².